The maximum Gasteiger partial charge on any atom is 0.416 e. The number of halogens is 3. The van der Waals surface area contributed by atoms with Crippen molar-refractivity contribution in [2.24, 2.45) is 0 Å². The molecular weight excluding hydrogens is 389 g/mol. The largest absolute Gasteiger partial charge is 0.416 e. The summed E-state index contributed by atoms with van der Waals surface area (Å²) in [6, 6.07) is 3.88. The minimum absolute atomic E-state index is 0.0293. The van der Waals surface area contributed by atoms with Gasteiger partial charge in [-0.3, -0.25) is 9.10 Å². The molecule has 0 aliphatic rings. The summed E-state index contributed by atoms with van der Waals surface area (Å²) in [6.07, 6.45) is -3.76. The molecule has 0 aliphatic heterocycles. The van der Waals surface area contributed by atoms with Crippen molar-refractivity contribution >= 4 is 33.4 Å². The van der Waals surface area contributed by atoms with Gasteiger partial charge in [0, 0.05) is 17.0 Å². The van der Waals surface area contributed by atoms with Crippen molar-refractivity contribution in [1.82, 2.24) is 5.32 Å². The summed E-state index contributed by atoms with van der Waals surface area (Å²) >= 11 is 1.63. The van der Waals surface area contributed by atoms with Crippen molar-refractivity contribution in [3.05, 3.63) is 29.8 Å². The van der Waals surface area contributed by atoms with Crippen molar-refractivity contribution in [2.45, 2.75) is 31.7 Å². The van der Waals surface area contributed by atoms with Gasteiger partial charge in [-0.15, -0.1) is 0 Å². The lowest BCUT2D eigenvalue weighted by atomic mass is 10.2. The van der Waals surface area contributed by atoms with Crippen LogP contribution in [0.25, 0.3) is 0 Å². The van der Waals surface area contributed by atoms with Gasteiger partial charge >= 0.3 is 6.18 Å². The molecule has 0 atom stereocenters. The molecule has 1 aromatic rings. The number of nitrogens with zero attached hydrogens (tertiary/aromatic N) is 1. The molecule has 0 spiro atoms. The number of nitrogens with one attached hydrogen (secondary N) is 1. The third-order valence-electron chi connectivity index (χ3n) is 3.11. The first-order valence-electron chi connectivity index (χ1n) is 7.76. The number of carbonyl (C=O) groups is 1. The van der Waals surface area contributed by atoms with E-state index in [1.807, 2.05) is 20.8 Å². The number of amides is 1. The zero-order valence-electron chi connectivity index (χ0n) is 15.1. The quantitative estimate of drug-likeness (QED) is 0.699. The Balaban J connectivity index is 2.85. The molecule has 0 unspecified atom stereocenters. The Bertz CT molecular complexity index is 729. The first-order valence-corrected chi connectivity index (χ1v) is 10.6. The van der Waals surface area contributed by atoms with E-state index in [2.05, 4.69) is 5.32 Å². The topological polar surface area (TPSA) is 66.5 Å². The minimum atomic E-state index is -4.61. The normalized spacial score (nSPS) is 12.7. The predicted octanol–water partition coefficient (Wildman–Crippen LogP) is 3.12. The smallest absolute Gasteiger partial charge is 0.354 e. The van der Waals surface area contributed by atoms with Crippen LogP contribution in [0, 0.1) is 0 Å². The molecule has 0 aliphatic carbocycles. The molecule has 0 saturated heterocycles. The van der Waals surface area contributed by atoms with Crippen molar-refractivity contribution in [3.8, 4) is 0 Å². The summed E-state index contributed by atoms with van der Waals surface area (Å²) in [7, 11) is -3.93. The van der Waals surface area contributed by atoms with E-state index in [1.165, 1.54) is 6.07 Å². The van der Waals surface area contributed by atoms with E-state index in [0.29, 0.717) is 22.7 Å². The molecule has 1 amide bonds. The number of hydrogen-bond donors (Lipinski definition) is 1. The van der Waals surface area contributed by atoms with E-state index in [9.17, 15) is 26.4 Å². The second-order valence-electron chi connectivity index (χ2n) is 6.63. The highest BCUT2D eigenvalue weighted by atomic mass is 32.2. The molecular formula is C16H23F3N2O3S2. The van der Waals surface area contributed by atoms with Crippen LogP contribution in [0.15, 0.2) is 24.3 Å². The number of hydrogen-bond acceptors (Lipinski definition) is 4. The average molecular weight is 412 g/mol. The van der Waals surface area contributed by atoms with Crippen molar-refractivity contribution < 1.29 is 26.4 Å². The van der Waals surface area contributed by atoms with Crippen LogP contribution in [0.2, 0.25) is 0 Å². The van der Waals surface area contributed by atoms with Gasteiger partial charge in [0.25, 0.3) is 0 Å². The molecule has 5 nitrogen and oxygen atoms in total. The van der Waals surface area contributed by atoms with E-state index in [-0.39, 0.29) is 10.4 Å². The lowest BCUT2D eigenvalue weighted by molar-refractivity contribution is -0.137. The van der Waals surface area contributed by atoms with Crippen LogP contribution in [0.5, 0.6) is 0 Å². The maximum atomic E-state index is 12.8. The van der Waals surface area contributed by atoms with Crippen LogP contribution in [-0.4, -0.2) is 44.2 Å². The zero-order chi connectivity index (χ0) is 20.2. The van der Waals surface area contributed by atoms with Crippen LogP contribution < -0.4 is 9.62 Å². The van der Waals surface area contributed by atoms with E-state index >= 15 is 0 Å². The molecule has 0 fully saturated rings. The number of rotatable bonds is 7. The molecule has 1 N–H and O–H groups in total. The summed E-state index contributed by atoms with van der Waals surface area (Å²) in [4.78, 5) is 12.0. The molecule has 10 heteroatoms. The molecule has 0 radical (unpaired) electrons. The highest BCUT2D eigenvalue weighted by Gasteiger charge is 2.32. The van der Waals surface area contributed by atoms with Gasteiger partial charge in [0.1, 0.15) is 6.54 Å². The van der Waals surface area contributed by atoms with Crippen molar-refractivity contribution in [3.63, 3.8) is 0 Å². The van der Waals surface area contributed by atoms with Crippen LogP contribution in [0.1, 0.15) is 26.3 Å². The third kappa shape index (κ3) is 7.86. The Hall–Kier alpha value is -1.42. The van der Waals surface area contributed by atoms with Gasteiger partial charge in [0.05, 0.1) is 17.5 Å². The Morgan fingerprint density at radius 3 is 2.35 bits per heavy atom. The Labute approximate surface area is 156 Å². The van der Waals surface area contributed by atoms with Gasteiger partial charge < -0.3 is 5.32 Å². The van der Waals surface area contributed by atoms with Gasteiger partial charge in [-0.25, -0.2) is 8.42 Å². The van der Waals surface area contributed by atoms with E-state index in [1.54, 1.807) is 11.8 Å². The fourth-order valence-electron chi connectivity index (χ4n) is 1.97. The number of anilines is 1. The van der Waals surface area contributed by atoms with Gasteiger partial charge in [-0.1, -0.05) is 26.8 Å². The van der Waals surface area contributed by atoms with Gasteiger partial charge in [-0.05, 0) is 18.2 Å². The number of alkyl halides is 3. The van der Waals surface area contributed by atoms with Gasteiger partial charge in [0.2, 0.25) is 15.9 Å². The SMILES string of the molecule is CC(C)(C)SCCNC(=O)CN(c1cccc(C(F)(F)F)c1)S(C)(=O)=O. The van der Waals surface area contributed by atoms with Crippen LogP contribution >= 0.6 is 11.8 Å². The van der Waals surface area contributed by atoms with Crippen molar-refractivity contribution in [1.29, 1.82) is 0 Å². The summed E-state index contributed by atoms with van der Waals surface area (Å²) in [5.74, 6) is 0.0554. The number of sulfonamides is 1. The predicted molar refractivity (Wildman–Crippen MR) is 98.9 cm³/mol. The van der Waals surface area contributed by atoms with Crippen LogP contribution in [0.3, 0.4) is 0 Å². The molecule has 0 aromatic heterocycles. The Morgan fingerprint density at radius 1 is 1.23 bits per heavy atom. The second-order valence-corrected chi connectivity index (χ2v) is 10.5. The van der Waals surface area contributed by atoms with Crippen LogP contribution in [0.4, 0.5) is 18.9 Å². The standard InChI is InChI=1S/C16H23F3N2O3S2/c1-15(2,3)25-9-8-20-14(22)11-21(26(4,23)24)13-7-5-6-12(10-13)16(17,18)19/h5-7,10H,8-9,11H2,1-4H3,(H,20,22). The Kier molecular flexibility index (Phi) is 7.41. The maximum absolute atomic E-state index is 12.8. The molecule has 0 heterocycles. The van der Waals surface area contributed by atoms with Gasteiger partial charge in [-0.2, -0.15) is 24.9 Å². The molecule has 0 bridgehead atoms. The molecule has 1 aromatic carbocycles. The zero-order valence-corrected chi connectivity index (χ0v) is 16.7. The summed E-state index contributed by atoms with van der Waals surface area (Å²) in [6.45, 7) is 5.83. The Morgan fingerprint density at radius 2 is 1.85 bits per heavy atom. The summed E-state index contributed by atoms with van der Waals surface area (Å²) in [5, 5.41) is 2.58. The third-order valence-corrected chi connectivity index (χ3v) is 5.52. The molecule has 0 saturated carbocycles. The number of carbonyl (C=O) groups excluding carboxylic acids is 1. The first kappa shape index (κ1) is 22.6. The van der Waals surface area contributed by atoms with E-state index in [4.69, 9.17) is 0 Å². The average Bonchev–Trinajstić information content (AvgIpc) is 2.46. The molecule has 148 valence electrons. The number of thioether (sulfide) groups is 1. The minimum Gasteiger partial charge on any atom is -0.354 e. The van der Waals surface area contributed by atoms with E-state index in [0.717, 1.165) is 18.4 Å². The fraction of sp³-hybridized carbons (Fsp3) is 0.562. The highest BCUT2D eigenvalue weighted by Crippen LogP contribution is 2.32. The summed E-state index contributed by atoms with van der Waals surface area (Å²) in [5.41, 5.74) is -1.19. The lowest BCUT2D eigenvalue weighted by Gasteiger charge is -2.23. The lowest BCUT2D eigenvalue weighted by Crippen LogP contribution is -2.41. The molecule has 26 heavy (non-hydrogen) atoms. The number of benzene rings is 1. The second kappa shape index (κ2) is 8.51. The summed E-state index contributed by atoms with van der Waals surface area (Å²) < 4.78 is 63.1. The monoisotopic (exact) mass is 412 g/mol. The fourth-order valence-corrected chi connectivity index (χ4v) is 3.64. The van der Waals surface area contributed by atoms with Gasteiger partial charge in [0.15, 0.2) is 0 Å². The van der Waals surface area contributed by atoms with E-state index < -0.39 is 34.2 Å². The van der Waals surface area contributed by atoms with Crippen LogP contribution in [-0.2, 0) is 21.0 Å². The highest BCUT2D eigenvalue weighted by molar-refractivity contribution is 8.00. The van der Waals surface area contributed by atoms with Crippen molar-refractivity contribution in [2.75, 3.05) is 29.4 Å². The first-order chi connectivity index (χ1) is 11.7. The molecule has 1 rings (SSSR count).